The van der Waals surface area contributed by atoms with Crippen molar-refractivity contribution in [2.24, 2.45) is 0 Å². The lowest BCUT2D eigenvalue weighted by Gasteiger charge is -2.04. The molecule has 20 heavy (non-hydrogen) atoms. The summed E-state index contributed by atoms with van der Waals surface area (Å²) >= 11 is 11.1. The Hall–Kier alpha value is -0.820. The molecule has 0 aliphatic carbocycles. The Morgan fingerprint density at radius 2 is 2.00 bits per heavy atom. The van der Waals surface area contributed by atoms with Crippen molar-refractivity contribution < 1.29 is 0 Å². The van der Waals surface area contributed by atoms with Gasteiger partial charge in [0.1, 0.15) is 5.15 Å². The van der Waals surface area contributed by atoms with Gasteiger partial charge in [-0.2, -0.15) is 0 Å². The number of para-hydroxylation sites is 1. The molecule has 2 aromatic heterocycles. The first-order chi connectivity index (χ1) is 9.76. The summed E-state index contributed by atoms with van der Waals surface area (Å²) in [6, 6.07) is 10.1. The Labute approximate surface area is 134 Å². The second-order valence-corrected chi connectivity index (χ2v) is 7.57. The number of hydrogen-bond donors (Lipinski definition) is 0. The Bertz CT molecular complexity index is 745. The van der Waals surface area contributed by atoms with Gasteiger partial charge in [-0.3, -0.25) is 0 Å². The molecule has 0 radical (unpaired) electrons. The van der Waals surface area contributed by atoms with Crippen LogP contribution in [0.1, 0.15) is 5.56 Å². The van der Waals surface area contributed by atoms with Crippen LogP contribution in [-0.4, -0.2) is 21.4 Å². The van der Waals surface area contributed by atoms with Crippen molar-refractivity contribution in [2.75, 3.05) is 6.26 Å². The zero-order chi connectivity index (χ0) is 13.9. The van der Waals surface area contributed by atoms with Crippen LogP contribution < -0.4 is 0 Å². The largest absolute Gasteiger partial charge is 0.236 e. The van der Waals surface area contributed by atoms with E-state index in [4.69, 9.17) is 11.6 Å². The van der Waals surface area contributed by atoms with E-state index in [1.54, 1.807) is 34.9 Å². The van der Waals surface area contributed by atoms with E-state index in [1.165, 1.54) is 0 Å². The zero-order valence-corrected chi connectivity index (χ0v) is 13.7. The summed E-state index contributed by atoms with van der Waals surface area (Å²) in [6.07, 6.45) is 2.00. The second kappa shape index (κ2) is 6.30. The van der Waals surface area contributed by atoms with Gasteiger partial charge in [0.05, 0.1) is 5.52 Å². The van der Waals surface area contributed by atoms with Crippen LogP contribution in [0.2, 0.25) is 5.15 Å². The smallest absolute Gasteiger partial charge is 0.175 e. The minimum absolute atomic E-state index is 0.561. The van der Waals surface area contributed by atoms with E-state index in [1.807, 2.05) is 30.5 Å². The zero-order valence-electron chi connectivity index (χ0n) is 10.5. The fraction of sp³-hybridized carbons (Fsp3) is 0.154. The quantitative estimate of drug-likeness (QED) is 0.506. The summed E-state index contributed by atoms with van der Waals surface area (Å²) in [4.78, 5) is 4.42. The Kier molecular flexibility index (Phi) is 4.45. The van der Waals surface area contributed by atoms with Crippen LogP contribution >= 0.6 is 46.5 Å². The van der Waals surface area contributed by atoms with Crippen LogP contribution in [0.25, 0.3) is 10.9 Å². The molecule has 0 saturated carbocycles. The lowest BCUT2D eigenvalue weighted by Crippen LogP contribution is -1.88. The molecular weight excluding hydrogens is 330 g/mol. The summed E-state index contributed by atoms with van der Waals surface area (Å²) in [5.74, 6) is 0.750. The van der Waals surface area contributed by atoms with E-state index in [2.05, 4.69) is 21.2 Å². The lowest BCUT2D eigenvalue weighted by molar-refractivity contribution is 0.955. The summed E-state index contributed by atoms with van der Waals surface area (Å²) in [6.45, 7) is 0. The predicted molar refractivity (Wildman–Crippen MR) is 88.0 cm³/mol. The molecule has 0 aliphatic rings. The number of fused-ring (bicyclic) bond motifs is 1. The highest BCUT2D eigenvalue weighted by Crippen LogP contribution is 2.31. The van der Waals surface area contributed by atoms with Gasteiger partial charge in [-0.25, -0.2) is 4.98 Å². The third-order valence-electron chi connectivity index (χ3n) is 2.66. The fourth-order valence-corrected chi connectivity index (χ4v) is 4.42. The van der Waals surface area contributed by atoms with Gasteiger partial charge in [0, 0.05) is 16.7 Å². The first-order valence-corrected chi connectivity index (χ1v) is 9.21. The molecular formula is C13H10ClN3S3. The third kappa shape index (κ3) is 3.09. The summed E-state index contributed by atoms with van der Waals surface area (Å²) < 4.78 is 1.94. The van der Waals surface area contributed by atoms with E-state index >= 15 is 0 Å². The highest BCUT2D eigenvalue weighted by atomic mass is 35.5. The van der Waals surface area contributed by atoms with Crippen molar-refractivity contribution in [1.29, 1.82) is 0 Å². The van der Waals surface area contributed by atoms with Gasteiger partial charge in [0.2, 0.25) is 0 Å². The predicted octanol–water partition coefficient (Wildman–Crippen LogP) is 4.75. The normalized spacial score (nSPS) is 11.1. The molecule has 0 spiro atoms. The first-order valence-electron chi connectivity index (χ1n) is 5.81. The highest BCUT2D eigenvalue weighted by Gasteiger charge is 2.08. The molecule has 1 aromatic carbocycles. The molecule has 0 aliphatic heterocycles. The summed E-state index contributed by atoms with van der Waals surface area (Å²) in [5, 5.41) is 9.89. The Morgan fingerprint density at radius 3 is 2.80 bits per heavy atom. The van der Waals surface area contributed by atoms with E-state index < -0.39 is 0 Å². The maximum absolute atomic E-state index is 6.24. The number of halogens is 1. The number of nitrogens with zero attached hydrogens (tertiary/aromatic N) is 3. The van der Waals surface area contributed by atoms with E-state index in [9.17, 15) is 0 Å². The van der Waals surface area contributed by atoms with Gasteiger partial charge >= 0.3 is 0 Å². The van der Waals surface area contributed by atoms with E-state index in [0.29, 0.717) is 5.15 Å². The lowest BCUT2D eigenvalue weighted by atomic mass is 10.2. The maximum Gasteiger partial charge on any atom is 0.175 e. The van der Waals surface area contributed by atoms with Gasteiger partial charge in [-0.15, -0.1) is 10.2 Å². The molecule has 3 rings (SSSR count). The van der Waals surface area contributed by atoms with Gasteiger partial charge < -0.3 is 0 Å². The van der Waals surface area contributed by atoms with Crippen LogP contribution in [-0.2, 0) is 5.75 Å². The van der Waals surface area contributed by atoms with Crippen molar-refractivity contribution in [3.63, 3.8) is 0 Å². The molecule has 7 heteroatoms. The molecule has 0 unspecified atom stereocenters. The minimum atomic E-state index is 0.561. The fourth-order valence-electron chi connectivity index (χ4n) is 1.71. The SMILES string of the molecule is CSc1nnc(SCc2cc3ccccc3nc2Cl)s1. The minimum Gasteiger partial charge on any atom is -0.236 e. The molecule has 3 nitrogen and oxygen atoms in total. The summed E-state index contributed by atoms with van der Waals surface area (Å²) in [7, 11) is 0. The molecule has 0 atom stereocenters. The van der Waals surface area contributed by atoms with Gasteiger partial charge in [-0.1, -0.05) is 64.7 Å². The molecule has 2 heterocycles. The molecule has 0 bridgehead atoms. The number of benzene rings is 1. The van der Waals surface area contributed by atoms with Crippen LogP contribution in [0.15, 0.2) is 39.0 Å². The average Bonchev–Trinajstić information content (AvgIpc) is 2.93. The van der Waals surface area contributed by atoms with Crippen molar-refractivity contribution in [2.45, 2.75) is 14.4 Å². The van der Waals surface area contributed by atoms with Gasteiger partial charge in [0.25, 0.3) is 0 Å². The average molecular weight is 340 g/mol. The first kappa shape index (κ1) is 14.1. The van der Waals surface area contributed by atoms with Crippen LogP contribution in [0.3, 0.4) is 0 Å². The number of thioether (sulfide) groups is 2. The van der Waals surface area contributed by atoms with Crippen molar-refractivity contribution >= 4 is 57.4 Å². The van der Waals surface area contributed by atoms with E-state index in [0.717, 1.165) is 30.9 Å². The molecule has 0 amide bonds. The Morgan fingerprint density at radius 1 is 1.20 bits per heavy atom. The van der Waals surface area contributed by atoms with Gasteiger partial charge in [0.15, 0.2) is 8.68 Å². The van der Waals surface area contributed by atoms with E-state index in [-0.39, 0.29) is 0 Å². The molecule has 0 N–H and O–H groups in total. The molecule has 0 fully saturated rings. The topological polar surface area (TPSA) is 38.7 Å². The van der Waals surface area contributed by atoms with Crippen LogP contribution in [0, 0.1) is 0 Å². The van der Waals surface area contributed by atoms with Crippen LogP contribution in [0.5, 0.6) is 0 Å². The maximum atomic E-state index is 6.24. The number of rotatable bonds is 4. The molecule has 0 saturated heterocycles. The monoisotopic (exact) mass is 339 g/mol. The molecule has 102 valence electrons. The number of pyridine rings is 1. The Balaban J connectivity index is 1.81. The third-order valence-corrected chi connectivity index (χ3v) is 6.07. The van der Waals surface area contributed by atoms with Crippen LogP contribution in [0.4, 0.5) is 0 Å². The molecule has 3 aromatic rings. The second-order valence-electron chi connectivity index (χ2n) is 3.96. The van der Waals surface area contributed by atoms with Crippen molar-refractivity contribution in [3.8, 4) is 0 Å². The van der Waals surface area contributed by atoms with Crippen molar-refractivity contribution in [1.82, 2.24) is 15.2 Å². The summed E-state index contributed by atoms with van der Waals surface area (Å²) in [5.41, 5.74) is 1.95. The number of aromatic nitrogens is 3. The van der Waals surface area contributed by atoms with Crippen molar-refractivity contribution in [3.05, 3.63) is 41.0 Å². The highest BCUT2D eigenvalue weighted by molar-refractivity contribution is 8.02. The number of hydrogen-bond acceptors (Lipinski definition) is 6. The van der Waals surface area contributed by atoms with Gasteiger partial charge in [-0.05, 0) is 18.4 Å². The standard InChI is InChI=1S/C13H10ClN3S3/c1-18-12-16-17-13(20-12)19-7-9-6-8-4-2-3-5-10(8)15-11(9)14/h2-6H,7H2,1H3.